The number of furan rings is 1. The number of amidine groups is 1. The summed E-state index contributed by atoms with van der Waals surface area (Å²) in [7, 11) is 0. The number of thioether (sulfide) groups is 1. The number of aliphatic carboxylic acids is 1. The summed E-state index contributed by atoms with van der Waals surface area (Å²) in [6.45, 7) is 3.71. The molecular formula is C11H10N3O4S-. The summed E-state index contributed by atoms with van der Waals surface area (Å²) in [5.41, 5.74) is 3.05. The molecule has 2 heterocycles. The maximum absolute atomic E-state index is 11.4. The lowest BCUT2D eigenvalue weighted by molar-refractivity contribution is -0.305. The van der Waals surface area contributed by atoms with Crippen LogP contribution in [0.4, 0.5) is 0 Å². The van der Waals surface area contributed by atoms with E-state index in [1.165, 1.54) is 6.26 Å². The molecule has 0 spiro atoms. The standard InChI is InChI=1S/C11H11N3O4S/c1-6(7-3-2-4-18-7)13-14-11-12-10(17)8(19-11)5-9(15)16/h2-4,8,13H,1,5H2,(H,15,16)(H,12,14,17)/p-1. The molecule has 1 aliphatic rings. The van der Waals surface area contributed by atoms with Crippen LogP contribution in [0.25, 0.3) is 5.70 Å². The number of nitrogens with zero attached hydrogens (tertiary/aromatic N) is 1. The van der Waals surface area contributed by atoms with E-state index in [2.05, 4.69) is 22.4 Å². The average molecular weight is 280 g/mol. The Kier molecular flexibility index (Phi) is 3.91. The molecule has 1 fully saturated rings. The number of carboxylic acid groups (broad SMARTS) is 1. The number of carbonyl (C=O) groups excluding carboxylic acids is 2. The molecule has 2 rings (SSSR count). The third-order valence-corrected chi connectivity index (χ3v) is 3.32. The Hall–Kier alpha value is -2.22. The molecule has 0 saturated carbocycles. The topological polar surface area (TPSA) is 107 Å². The molecule has 0 radical (unpaired) electrons. The third kappa shape index (κ3) is 3.38. The van der Waals surface area contributed by atoms with Gasteiger partial charge in [-0.25, -0.2) is 0 Å². The summed E-state index contributed by atoms with van der Waals surface area (Å²) in [4.78, 5) is 21.9. The minimum atomic E-state index is -1.28. The molecule has 0 aliphatic carbocycles. The van der Waals surface area contributed by atoms with E-state index in [-0.39, 0.29) is 11.6 Å². The van der Waals surface area contributed by atoms with Crippen LogP contribution in [-0.2, 0) is 9.59 Å². The Bertz CT molecular complexity index is 538. The van der Waals surface area contributed by atoms with Gasteiger partial charge in [0.15, 0.2) is 10.9 Å². The second-order valence-corrected chi connectivity index (χ2v) is 4.85. The molecule has 0 aromatic carbocycles. The summed E-state index contributed by atoms with van der Waals surface area (Å²) >= 11 is 1.02. The van der Waals surface area contributed by atoms with E-state index in [9.17, 15) is 14.7 Å². The molecule has 1 amide bonds. The molecule has 1 unspecified atom stereocenters. The van der Waals surface area contributed by atoms with E-state index < -0.39 is 17.1 Å². The Morgan fingerprint density at radius 1 is 1.68 bits per heavy atom. The fraction of sp³-hybridized carbons (Fsp3) is 0.182. The Balaban J connectivity index is 1.93. The van der Waals surface area contributed by atoms with Gasteiger partial charge in [-0.1, -0.05) is 18.3 Å². The van der Waals surface area contributed by atoms with Crippen molar-refractivity contribution in [2.75, 3.05) is 0 Å². The van der Waals surface area contributed by atoms with Crippen molar-refractivity contribution in [3.63, 3.8) is 0 Å². The van der Waals surface area contributed by atoms with Crippen LogP contribution in [0, 0.1) is 0 Å². The quantitative estimate of drug-likeness (QED) is 0.703. The second-order valence-electron chi connectivity index (χ2n) is 3.66. The smallest absolute Gasteiger partial charge is 0.239 e. The minimum Gasteiger partial charge on any atom is -0.550 e. The van der Waals surface area contributed by atoms with Gasteiger partial charge >= 0.3 is 0 Å². The van der Waals surface area contributed by atoms with Crippen molar-refractivity contribution in [2.45, 2.75) is 11.7 Å². The van der Waals surface area contributed by atoms with Crippen LogP contribution < -0.4 is 15.8 Å². The maximum Gasteiger partial charge on any atom is 0.239 e. The Morgan fingerprint density at radius 2 is 2.47 bits per heavy atom. The van der Waals surface area contributed by atoms with Gasteiger partial charge in [0.1, 0.15) is 0 Å². The van der Waals surface area contributed by atoms with Crippen molar-refractivity contribution >= 4 is 34.5 Å². The Labute approximate surface area is 112 Å². The van der Waals surface area contributed by atoms with Crippen molar-refractivity contribution in [2.24, 2.45) is 5.10 Å². The predicted molar refractivity (Wildman–Crippen MR) is 67.5 cm³/mol. The summed E-state index contributed by atoms with van der Waals surface area (Å²) in [5.74, 6) is -1.16. The molecule has 100 valence electrons. The number of hydrazone groups is 1. The van der Waals surface area contributed by atoms with Crippen molar-refractivity contribution in [3.8, 4) is 0 Å². The number of carboxylic acids is 1. The number of hydrogen-bond acceptors (Lipinski definition) is 7. The van der Waals surface area contributed by atoms with E-state index in [0.717, 1.165) is 11.8 Å². The van der Waals surface area contributed by atoms with Gasteiger partial charge in [0.2, 0.25) is 5.91 Å². The van der Waals surface area contributed by atoms with E-state index in [1.807, 2.05) is 0 Å². The molecule has 1 aliphatic heterocycles. The van der Waals surface area contributed by atoms with Crippen molar-refractivity contribution in [3.05, 3.63) is 30.7 Å². The molecule has 1 atom stereocenters. The van der Waals surface area contributed by atoms with Crippen LogP contribution >= 0.6 is 11.8 Å². The fourth-order valence-corrected chi connectivity index (χ4v) is 2.28. The van der Waals surface area contributed by atoms with Gasteiger partial charge in [-0.05, 0) is 12.1 Å². The first-order chi connectivity index (χ1) is 9.06. The molecule has 1 aromatic heterocycles. The third-order valence-electron chi connectivity index (χ3n) is 2.24. The molecule has 8 heteroatoms. The number of rotatable bonds is 5. The first-order valence-electron chi connectivity index (χ1n) is 5.30. The highest BCUT2D eigenvalue weighted by Crippen LogP contribution is 2.21. The predicted octanol–water partition coefficient (Wildman–Crippen LogP) is -0.517. The van der Waals surface area contributed by atoms with Crippen LogP contribution in [0.1, 0.15) is 12.2 Å². The number of carbonyl (C=O) groups is 2. The van der Waals surface area contributed by atoms with Gasteiger partial charge < -0.3 is 19.6 Å². The summed E-state index contributed by atoms with van der Waals surface area (Å²) < 4.78 is 5.09. The van der Waals surface area contributed by atoms with Gasteiger partial charge in [-0.2, -0.15) is 0 Å². The van der Waals surface area contributed by atoms with Gasteiger partial charge in [-0.15, -0.1) is 5.10 Å². The molecule has 1 aromatic rings. The largest absolute Gasteiger partial charge is 0.550 e. The Morgan fingerprint density at radius 3 is 3.11 bits per heavy atom. The lowest BCUT2D eigenvalue weighted by Crippen LogP contribution is -2.31. The van der Waals surface area contributed by atoms with Crippen LogP contribution in [0.3, 0.4) is 0 Å². The number of nitrogens with one attached hydrogen (secondary N) is 2. The lowest BCUT2D eigenvalue weighted by Gasteiger charge is -2.04. The zero-order chi connectivity index (χ0) is 13.8. The summed E-state index contributed by atoms with van der Waals surface area (Å²) in [6.07, 6.45) is 1.14. The molecule has 19 heavy (non-hydrogen) atoms. The van der Waals surface area contributed by atoms with Crippen LogP contribution in [0.2, 0.25) is 0 Å². The van der Waals surface area contributed by atoms with Gasteiger partial charge in [0.05, 0.1) is 17.2 Å². The first kappa shape index (κ1) is 13.2. The molecule has 1 saturated heterocycles. The SMILES string of the molecule is C=C(N/N=C1/NC(=O)C(CC(=O)[O-])S1)c1ccco1. The van der Waals surface area contributed by atoms with Gasteiger partial charge in [0, 0.05) is 12.4 Å². The summed E-state index contributed by atoms with van der Waals surface area (Å²) in [6, 6.07) is 3.41. The van der Waals surface area contributed by atoms with Crippen molar-refractivity contribution in [1.82, 2.24) is 10.7 Å². The monoisotopic (exact) mass is 280 g/mol. The van der Waals surface area contributed by atoms with Crippen molar-refractivity contribution in [1.29, 1.82) is 0 Å². The second kappa shape index (κ2) is 5.61. The number of amides is 1. The van der Waals surface area contributed by atoms with E-state index in [1.54, 1.807) is 12.1 Å². The molecule has 2 N–H and O–H groups in total. The highest BCUT2D eigenvalue weighted by Gasteiger charge is 2.30. The minimum absolute atomic E-state index is 0.281. The molecule has 7 nitrogen and oxygen atoms in total. The summed E-state index contributed by atoms with van der Waals surface area (Å²) in [5, 5.41) is 16.4. The first-order valence-corrected chi connectivity index (χ1v) is 6.18. The lowest BCUT2D eigenvalue weighted by atomic mass is 10.3. The van der Waals surface area contributed by atoms with Gasteiger partial charge in [-0.3, -0.25) is 10.2 Å². The van der Waals surface area contributed by atoms with Crippen LogP contribution in [0.15, 0.2) is 34.5 Å². The molecule has 0 bridgehead atoms. The fourth-order valence-electron chi connectivity index (χ4n) is 1.37. The number of hydrogen-bond donors (Lipinski definition) is 2. The maximum atomic E-state index is 11.4. The van der Waals surface area contributed by atoms with E-state index in [0.29, 0.717) is 11.5 Å². The van der Waals surface area contributed by atoms with Crippen molar-refractivity contribution < 1.29 is 19.1 Å². The van der Waals surface area contributed by atoms with E-state index >= 15 is 0 Å². The average Bonchev–Trinajstić information content (AvgIpc) is 2.96. The normalized spacial score (nSPS) is 20.3. The van der Waals surface area contributed by atoms with Crippen LogP contribution in [0.5, 0.6) is 0 Å². The highest BCUT2D eigenvalue weighted by atomic mass is 32.2. The van der Waals surface area contributed by atoms with E-state index in [4.69, 9.17) is 4.42 Å². The van der Waals surface area contributed by atoms with Gasteiger partial charge in [0.25, 0.3) is 0 Å². The zero-order valence-corrected chi connectivity index (χ0v) is 10.5. The highest BCUT2D eigenvalue weighted by molar-refractivity contribution is 8.15. The zero-order valence-electron chi connectivity index (χ0n) is 9.71. The molecular weight excluding hydrogens is 270 g/mol. The van der Waals surface area contributed by atoms with Crippen LogP contribution in [-0.4, -0.2) is 22.3 Å².